The van der Waals surface area contributed by atoms with E-state index < -0.39 is 11.9 Å². The first kappa shape index (κ1) is 12.7. The van der Waals surface area contributed by atoms with E-state index in [4.69, 9.17) is 10.8 Å². The van der Waals surface area contributed by atoms with Crippen molar-refractivity contribution < 1.29 is 14.7 Å². The molecule has 5 nitrogen and oxygen atoms in total. The number of hydrogen-bond donors (Lipinski definition) is 3. The second-order valence-corrected chi connectivity index (χ2v) is 4.21. The predicted octanol–water partition coefficient (Wildman–Crippen LogP) is 0.117. The van der Waals surface area contributed by atoms with Gasteiger partial charge in [-0.05, 0) is 12.8 Å². The average Bonchev–Trinajstić information content (AvgIpc) is 2.64. The fraction of sp³-hybridized carbons (Fsp3) is 0.636. The van der Waals surface area contributed by atoms with Crippen molar-refractivity contribution in [1.29, 1.82) is 0 Å². The van der Waals surface area contributed by atoms with Gasteiger partial charge in [0.25, 0.3) is 0 Å². The summed E-state index contributed by atoms with van der Waals surface area (Å²) in [6.45, 7) is 2.02. The Morgan fingerprint density at radius 1 is 1.56 bits per heavy atom. The number of rotatable bonds is 5. The predicted molar refractivity (Wildman–Crippen MR) is 59.6 cm³/mol. The van der Waals surface area contributed by atoms with Gasteiger partial charge in [0.2, 0.25) is 5.91 Å². The van der Waals surface area contributed by atoms with Gasteiger partial charge in [-0.1, -0.05) is 19.1 Å². The summed E-state index contributed by atoms with van der Waals surface area (Å²) in [6, 6.07) is -0.0336. The average molecular weight is 226 g/mol. The van der Waals surface area contributed by atoms with Gasteiger partial charge in [0.05, 0.1) is 11.8 Å². The first-order chi connectivity index (χ1) is 7.50. The monoisotopic (exact) mass is 226 g/mol. The van der Waals surface area contributed by atoms with Gasteiger partial charge in [-0.2, -0.15) is 0 Å². The van der Waals surface area contributed by atoms with Crippen LogP contribution in [0.25, 0.3) is 0 Å². The maximum Gasteiger partial charge on any atom is 0.306 e. The molecule has 90 valence electrons. The lowest BCUT2D eigenvalue weighted by atomic mass is 10.1. The number of carbonyl (C=O) groups excluding carboxylic acids is 1. The van der Waals surface area contributed by atoms with Crippen molar-refractivity contribution in [3.05, 3.63) is 12.2 Å². The molecule has 4 N–H and O–H groups in total. The third kappa shape index (κ3) is 3.66. The van der Waals surface area contributed by atoms with Gasteiger partial charge in [-0.3, -0.25) is 9.59 Å². The summed E-state index contributed by atoms with van der Waals surface area (Å²) in [7, 11) is 0. The Morgan fingerprint density at radius 3 is 2.75 bits per heavy atom. The summed E-state index contributed by atoms with van der Waals surface area (Å²) in [4.78, 5) is 22.1. The molecule has 0 saturated carbocycles. The third-order valence-corrected chi connectivity index (χ3v) is 2.75. The van der Waals surface area contributed by atoms with Crippen LogP contribution < -0.4 is 11.1 Å². The van der Waals surface area contributed by atoms with Crippen molar-refractivity contribution in [2.75, 3.05) is 6.54 Å². The van der Waals surface area contributed by atoms with E-state index in [0.717, 1.165) is 0 Å². The van der Waals surface area contributed by atoms with Crippen molar-refractivity contribution in [3.8, 4) is 0 Å². The Labute approximate surface area is 94.7 Å². The Kier molecular flexibility index (Phi) is 4.49. The van der Waals surface area contributed by atoms with Crippen LogP contribution in [0, 0.1) is 11.8 Å². The molecular formula is C11H18N2O3. The molecule has 0 aromatic carbocycles. The number of aliphatic carboxylic acids is 1. The molecule has 0 aromatic heterocycles. The molecule has 3 atom stereocenters. The fourth-order valence-electron chi connectivity index (χ4n) is 1.59. The third-order valence-electron chi connectivity index (χ3n) is 2.75. The molecule has 0 fully saturated rings. The van der Waals surface area contributed by atoms with Gasteiger partial charge < -0.3 is 16.2 Å². The Hall–Kier alpha value is -1.36. The number of hydrogen-bond acceptors (Lipinski definition) is 3. The van der Waals surface area contributed by atoms with E-state index in [-0.39, 0.29) is 17.9 Å². The highest BCUT2D eigenvalue weighted by atomic mass is 16.4. The number of amides is 1. The molecule has 0 spiro atoms. The van der Waals surface area contributed by atoms with E-state index in [1.165, 1.54) is 0 Å². The van der Waals surface area contributed by atoms with Gasteiger partial charge in [0.15, 0.2) is 0 Å². The van der Waals surface area contributed by atoms with Crippen LogP contribution in [0.5, 0.6) is 0 Å². The fourth-order valence-corrected chi connectivity index (χ4v) is 1.59. The van der Waals surface area contributed by atoms with Crippen molar-refractivity contribution in [2.24, 2.45) is 17.6 Å². The first-order valence-electron chi connectivity index (χ1n) is 5.45. The minimum Gasteiger partial charge on any atom is -0.481 e. The van der Waals surface area contributed by atoms with Crippen LogP contribution in [0.3, 0.4) is 0 Å². The lowest BCUT2D eigenvalue weighted by molar-refractivity contribution is -0.141. The smallest absolute Gasteiger partial charge is 0.306 e. The highest BCUT2D eigenvalue weighted by molar-refractivity contribution is 5.81. The molecule has 0 bridgehead atoms. The summed E-state index contributed by atoms with van der Waals surface area (Å²) in [6.07, 6.45) is 4.72. The van der Waals surface area contributed by atoms with Gasteiger partial charge in [-0.15, -0.1) is 0 Å². The molecule has 5 heteroatoms. The summed E-state index contributed by atoms with van der Waals surface area (Å²) in [5, 5.41) is 11.4. The summed E-state index contributed by atoms with van der Waals surface area (Å²) < 4.78 is 0. The minimum atomic E-state index is -0.836. The maximum atomic E-state index is 11.6. The van der Waals surface area contributed by atoms with Gasteiger partial charge in [-0.25, -0.2) is 0 Å². The first-order valence-corrected chi connectivity index (χ1v) is 5.45. The summed E-state index contributed by atoms with van der Waals surface area (Å²) in [5.41, 5.74) is 5.64. The Morgan fingerprint density at radius 2 is 2.25 bits per heavy atom. The summed E-state index contributed by atoms with van der Waals surface area (Å²) in [5.74, 6) is -1.49. The number of carbonyl (C=O) groups is 2. The standard InChI is InChI=1S/C11H18N2O3/c1-7(11(15)16)4-5-13-10(14)8-2-3-9(12)6-8/h2-3,7-9H,4-6,12H2,1H3,(H,13,14)(H,15,16). The molecule has 1 aliphatic carbocycles. The highest BCUT2D eigenvalue weighted by Crippen LogP contribution is 2.16. The highest BCUT2D eigenvalue weighted by Gasteiger charge is 2.22. The van der Waals surface area contributed by atoms with Crippen LogP contribution in [0.4, 0.5) is 0 Å². The SMILES string of the molecule is CC(CCNC(=O)C1C=CC(N)C1)C(=O)O. The quantitative estimate of drug-likeness (QED) is 0.580. The van der Waals surface area contributed by atoms with Gasteiger partial charge in [0.1, 0.15) is 0 Å². The molecule has 1 rings (SSSR count). The Balaban J connectivity index is 2.21. The number of nitrogens with two attached hydrogens (primary N) is 1. The molecule has 0 aromatic rings. The zero-order chi connectivity index (χ0) is 12.1. The molecule has 0 saturated heterocycles. The van der Waals surface area contributed by atoms with Crippen LogP contribution in [-0.2, 0) is 9.59 Å². The molecule has 3 unspecified atom stereocenters. The van der Waals surface area contributed by atoms with Crippen LogP contribution in [-0.4, -0.2) is 29.6 Å². The number of carboxylic acids is 1. The second kappa shape index (κ2) is 5.65. The van der Waals surface area contributed by atoms with E-state index >= 15 is 0 Å². The van der Waals surface area contributed by atoms with Crippen molar-refractivity contribution in [3.63, 3.8) is 0 Å². The van der Waals surface area contributed by atoms with Crippen LogP contribution in [0.1, 0.15) is 19.8 Å². The van der Waals surface area contributed by atoms with Crippen molar-refractivity contribution in [2.45, 2.75) is 25.8 Å². The molecule has 0 heterocycles. The number of carboxylic acid groups (broad SMARTS) is 1. The zero-order valence-corrected chi connectivity index (χ0v) is 9.35. The molecule has 0 aliphatic heterocycles. The lowest BCUT2D eigenvalue weighted by Crippen LogP contribution is -2.32. The molecule has 1 aliphatic rings. The van der Waals surface area contributed by atoms with Gasteiger partial charge >= 0.3 is 5.97 Å². The zero-order valence-electron chi connectivity index (χ0n) is 9.35. The molecular weight excluding hydrogens is 208 g/mol. The molecule has 0 radical (unpaired) electrons. The summed E-state index contributed by atoms with van der Waals surface area (Å²) >= 11 is 0. The molecule has 1 amide bonds. The van der Waals surface area contributed by atoms with E-state index in [1.807, 2.05) is 6.08 Å². The van der Waals surface area contributed by atoms with E-state index in [0.29, 0.717) is 19.4 Å². The second-order valence-electron chi connectivity index (χ2n) is 4.21. The van der Waals surface area contributed by atoms with Gasteiger partial charge in [0, 0.05) is 12.6 Å². The van der Waals surface area contributed by atoms with E-state index in [2.05, 4.69) is 5.32 Å². The minimum absolute atomic E-state index is 0.0336. The van der Waals surface area contributed by atoms with E-state index in [1.54, 1.807) is 13.0 Å². The largest absolute Gasteiger partial charge is 0.481 e. The van der Waals surface area contributed by atoms with Crippen molar-refractivity contribution >= 4 is 11.9 Å². The normalized spacial score (nSPS) is 25.4. The number of nitrogens with one attached hydrogen (secondary N) is 1. The van der Waals surface area contributed by atoms with Crippen LogP contribution in [0.2, 0.25) is 0 Å². The lowest BCUT2D eigenvalue weighted by Gasteiger charge is -2.11. The Bertz CT molecular complexity index is 302. The maximum absolute atomic E-state index is 11.6. The van der Waals surface area contributed by atoms with E-state index in [9.17, 15) is 9.59 Å². The molecule has 16 heavy (non-hydrogen) atoms. The van der Waals surface area contributed by atoms with Crippen LogP contribution >= 0.6 is 0 Å². The van der Waals surface area contributed by atoms with Crippen molar-refractivity contribution in [1.82, 2.24) is 5.32 Å². The van der Waals surface area contributed by atoms with Crippen LogP contribution in [0.15, 0.2) is 12.2 Å². The topological polar surface area (TPSA) is 92.4 Å².